The molecule has 0 saturated carbocycles. The van der Waals surface area contributed by atoms with E-state index in [0.717, 1.165) is 42.0 Å². The van der Waals surface area contributed by atoms with Crippen LogP contribution in [0.15, 0.2) is 47.9 Å². The highest BCUT2D eigenvalue weighted by Crippen LogP contribution is 2.28. The first kappa shape index (κ1) is 20.3. The van der Waals surface area contributed by atoms with Crippen LogP contribution in [-0.2, 0) is 11.2 Å². The van der Waals surface area contributed by atoms with Crippen LogP contribution in [0.3, 0.4) is 0 Å². The molecule has 0 spiro atoms. The summed E-state index contributed by atoms with van der Waals surface area (Å²) >= 11 is 1.46. The van der Waals surface area contributed by atoms with Crippen LogP contribution in [0.2, 0.25) is 0 Å². The number of thiazole rings is 1. The van der Waals surface area contributed by atoms with Crippen molar-refractivity contribution in [2.45, 2.75) is 26.2 Å². The quantitative estimate of drug-likeness (QED) is 0.620. The lowest BCUT2D eigenvalue weighted by atomic mass is 9.94. The minimum Gasteiger partial charge on any atom is -0.492 e. The number of aromatic nitrogens is 1. The second kappa shape index (κ2) is 10.2. The van der Waals surface area contributed by atoms with Gasteiger partial charge in [-0.05, 0) is 49.1 Å². The van der Waals surface area contributed by atoms with E-state index in [0.29, 0.717) is 24.1 Å². The Morgan fingerprint density at radius 2 is 2.29 bits per heavy atom. The number of hydrogen-bond donors (Lipinski definition) is 2. The van der Waals surface area contributed by atoms with E-state index in [-0.39, 0.29) is 5.91 Å². The van der Waals surface area contributed by atoms with Crippen molar-refractivity contribution in [1.29, 1.82) is 0 Å². The number of amides is 1. The lowest BCUT2D eigenvalue weighted by Crippen LogP contribution is -2.16. The predicted octanol–water partition coefficient (Wildman–Crippen LogP) is 4.29. The van der Waals surface area contributed by atoms with Crippen molar-refractivity contribution in [1.82, 2.24) is 10.3 Å². The van der Waals surface area contributed by atoms with Crippen LogP contribution < -0.4 is 15.4 Å². The third-order valence-corrected chi connectivity index (χ3v) is 5.40. The first-order chi connectivity index (χ1) is 13.7. The van der Waals surface area contributed by atoms with E-state index < -0.39 is 0 Å². The molecule has 0 radical (unpaired) electrons. The van der Waals surface area contributed by atoms with Crippen molar-refractivity contribution in [2.75, 3.05) is 25.5 Å². The molecule has 0 saturated heterocycles. The zero-order valence-electron chi connectivity index (χ0n) is 16.4. The average Bonchev–Trinajstić information content (AvgIpc) is 3.17. The number of likely N-dealkylation sites (N-methyl/N-ethyl adjacent to an activating group) is 1. The molecule has 5 nitrogen and oxygen atoms in total. The molecule has 1 aromatic heterocycles. The highest BCUT2D eigenvalue weighted by atomic mass is 32.1. The normalized spacial score (nSPS) is 15.9. The maximum atomic E-state index is 12.4. The van der Waals surface area contributed by atoms with Gasteiger partial charge < -0.3 is 15.4 Å². The standard InChI is InChI=1S/C22H27N3O2S/c1-3-16-7-9-18(10-8-16)20-15-28-22(24-20)25-21(26)14-17-5-4-6-19(13-17)27-12-11-23-2/h4-7,9-10,13,15-16,23H,3,8,11-12,14H2,1-2H3,(H,24,25,26). The molecule has 2 aromatic rings. The number of hydrogen-bond acceptors (Lipinski definition) is 5. The molecule has 1 atom stereocenters. The number of allylic oxidation sites excluding steroid dienone is 4. The van der Waals surface area contributed by atoms with Crippen LogP contribution in [-0.4, -0.2) is 31.1 Å². The third-order valence-electron chi connectivity index (χ3n) is 4.64. The van der Waals surface area contributed by atoms with Gasteiger partial charge in [-0.1, -0.05) is 37.3 Å². The zero-order chi connectivity index (χ0) is 19.8. The lowest BCUT2D eigenvalue weighted by molar-refractivity contribution is -0.115. The van der Waals surface area contributed by atoms with Crippen molar-refractivity contribution < 1.29 is 9.53 Å². The van der Waals surface area contributed by atoms with Crippen LogP contribution in [0.25, 0.3) is 5.57 Å². The van der Waals surface area contributed by atoms with Gasteiger partial charge in [0.25, 0.3) is 0 Å². The number of carbonyl (C=O) groups is 1. The van der Waals surface area contributed by atoms with Crippen LogP contribution in [0.5, 0.6) is 5.75 Å². The molecule has 1 aliphatic carbocycles. The van der Waals surface area contributed by atoms with E-state index in [1.165, 1.54) is 11.3 Å². The van der Waals surface area contributed by atoms with Gasteiger partial charge in [0.2, 0.25) is 5.91 Å². The predicted molar refractivity (Wildman–Crippen MR) is 116 cm³/mol. The number of benzene rings is 1. The van der Waals surface area contributed by atoms with Gasteiger partial charge in [-0.3, -0.25) is 4.79 Å². The number of carbonyl (C=O) groups excluding carboxylic acids is 1. The molecule has 1 heterocycles. The van der Waals surface area contributed by atoms with Gasteiger partial charge in [0, 0.05) is 11.9 Å². The molecule has 0 bridgehead atoms. The molecule has 1 aliphatic rings. The Hall–Kier alpha value is -2.44. The summed E-state index contributed by atoms with van der Waals surface area (Å²) in [7, 11) is 1.89. The molecular formula is C22H27N3O2S. The summed E-state index contributed by atoms with van der Waals surface area (Å²) in [6, 6.07) is 7.65. The van der Waals surface area contributed by atoms with E-state index in [1.807, 2.05) is 36.7 Å². The maximum Gasteiger partial charge on any atom is 0.230 e. The smallest absolute Gasteiger partial charge is 0.230 e. The lowest BCUT2D eigenvalue weighted by Gasteiger charge is -2.12. The average molecular weight is 398 g/mol. The number of rotatable bonds is 9. The van der Waals surface area contributed by atoms with E-state index in [4.69, 9.17) is 4.74 Å². The van der Waals surface area contributed by atoms with Crippen molar-refractivity contribution >= 4 is 27.9 Å². The van der Waals surface area contributed by atoms with Gasteiger partial charge in [0.1, 0.15) is 12.4 Å². The number of nitrogens with zero attached hydrogens (tertiary/aromatic N) is 1. The van der Waals surface area contributed by atoms with Crippen LogP contribution >= 0.6 is 11.3 Å². The van der Waals surface area contributed by atoms with Crippen molar-refractivity contribution in [3.63, 3.8) is 0 Å². The largest absolute Gasteiger partial charge is 0.492 e. The highest BCUT2D eigenvalue weighted by Gasteiger charge is 2.12. The van der Waals surface area contributed by atoms with Crippen LogP contribution in [0.4, 0.5) is 5.13 Å². The van der Waals surface area contributed by atoms with Crippen molar-refractivity contribution in [3.8, 4) is 5.75 Å². The molecule has 6 heteroatoms. The molecule has 28 heavy (non-hydrogen) atoms. The number of ether oxygens (including phenoxy) is 1. The molecule has 3 rings (SSSR count). The minimum absolute atomic E-state index is 0.0764. The monoisotopic (exact) mass is 397 g/mol. The van der Waals surface area contributed by atoms with Gasteiger partial charge >= 0.3 is 0 Å². The molecule has 2 N–H and O–H groups in total. The summed E-state index contributed by atoms with van der Waals surface area (Å²) in [4.78, 5) is 17.0. The first-order valence-corrected chi connectivity index (χ1v) is 10.6. The minimum atomic E-state index is -0.0764. The number of anilines is 1. The summed E-state index contributed by atoms with van der Waals surface area (Å²) in [5.41, 5.74) is 2.97. The maximum absolute atomic E-state index is 12.4. The Kier molecular flexibility index (Phi) is 7.39. The fourth-order valence-corrected chi connectivity index (χ4v) is 3.72. The van der Waals surface area contributed by atoms with Crippen molar-refractivity contribution in [3.05, 3.63) is 59.1 Å². The Labute approximate surface area is 170 Å². The Bertz CT molecular complexity index is 857. The summed E-state index contributed by atoms with van der Waals surface area (Å²) in [6.45, 7) is 3.58. The van der Waals surface area contributed by atoms with E-state index in [2.05, 4.69) is 40.8 Å². The molecule has 148 valence electrons. The molecule has 1 aromatic carbocycles. The highest BCUT2D eigenvalue weighted by molar-refractivity contribution is 7.14. The number of nitrogens with one attached hydrogen (secondary N) is 2. The van der Waals surface area contributed by atoms with Gasteiger partial charge in [0.05, 0.1) is 12.1 Å². The van der Waals surface area contributed by atoms with E-state index in [9.17, 15) is 4.79 Å². The summed E-state index contributed by atoms with van der Waals surface area (Å²) in [5, 5.41) is 8.57. The zero-order valence-corrected chi connectivity index (χ0v) is 17.2. The second-order valence-corrected chi connectivity index (χ2v) is 7.64. The van der Waals surface area contributed by atoms with Gasteiger partial charge in [-0.2, -0.15) is 0 Å². The first-order valence-electron chi connectivity index (χ1n) is 9.68. The third kappa shape index (κ3) is 5.78. The molecular weight excluding hydrogens is 370 g/mol. The van der Waals surface area contributed by atoms with Gasteiger partial charge in [-0.25, -0.2) is 4.98 Å². The molecule has 1 unspecified atom stereocenters. The van der Waals surface area contributed by atoms with Crippen LogP contribution in [0.1, 0.15) is 31.0 Å². The van der Waals surface area contributed by atoms with Crippen molar-refractivity contribution in [2.24, 2.45) is 5.92 Å². The Morgan fingerprint density at radius 1 is 1.39 bits per heavy atom. The topological polar surface area (TPSA) is 63.2 Å². The fourth-order valence-electron chi connectivity index (χ4n) is 2.99. The SMILES string of the molecule is CCC1C=CC(c2csc(NC(=O)Cc3cccc(OCCNC)c3)n2)=CC1. The Balaban J connectivity index is 1.54. The summed E-state index contributed by atoms with van der Waals surface area (Å²) < 4.78 is 5.66. The van der Waals surface area contributed by atoms with Gasteiger partial charge in [-0.15, -0.1) is 11.3 Å². The molecule has 1 amide bonds. The molecule has 0 aliphatic heterocycles. The summed E-state index contributed by atoms with van der Waals surface area (Å²) in [6.07, 6.45) is 9.11. The van der Waals surface area contributed by atoms with Crippen LogP contribution in [0, 0.1) is 5.92 Å². The van der Waals surface area contributed by atoms with Gasteiger partial charge in [0.15, 0.2) is 5.13 Å². The van der Waals surface area contributed by atoms with E-state index >= 15 is 0 Å². The van der Waals surface area contributed by atoms with E-state index in [1.54, 1.807) is 0 Å². The molecule has 0 fully saturated rings. The fraction of sp³-hybridized carbons (Fsp3) is 0.364. The summed E-state index contributed by atoms with van der Waals surface area (Å²) in [5.74, 6) is 1.32. The second-order valence-electron chi connectivity index (χ2n) is 6.78. The Morgan fingerprint density at radius 3 is 3.04 bits per heavy atom.